The standard InChI is InChI=1S/C23H21N3O3S/c1-14-24-21(13-29-14)16-4-2-15(3-5-16)10-17-11-20(26-19-7-9-30-22(17)19)23(27)25-18-6-8-28-12-18/h2-5,7,9,11,13,18H,6,8,10,12H2,1H3,(H,25,27)/t18-/m1/s1. The summed E-state index contributed by atoms with van der Waals surface area (Å²) in [5, 5.41) is 5.05. The van der Waals surface area contributed by atoms with Crippen LogP contribution in [0.25, 0.3) is 21.5 Å². The van der Waals surface area contributed by atoms with Gasteiger partial charge in [-0.25, -0.2) is 9.97 Å². The molecule has 1 aliphatic rings. The summed E-state index contributed by atoms with van der Waals surface area (Å²) in [6.07, 6.45) is 3.24. The number of benzene rings is 1. The molecular weight excluding hydrogens is 398 g/mol. The van der Waals surface area contributed by atoms with E-state index in [1.165, 1.54) is 0 Å². The lowest BCUT2D eigenvalue weighted by Gasteiger charge is -2.12. The Bertz CT molecular complexity index is 1190. The predicted molar refractivity (Wildman–Crippen MR) is 116 cm³/mol. The minimum absolute atomic E-state index is 0.0635. The molecular formula is C23H21N3O3S. The first kappa shape index (κ1) is 19.0. The molecule has 1 saturated heterocycles. The lowest BCUT2D eigenvalue weighted by Crippen LogP contribution is -2.35. The van der Waals surface area contributed by atoms with Crippen LogP contribution >= 0.6 is 11.3 Å². The number of nitrogens with zero attached hydrogens (tertiary/aromatic N) is 2. The summed E-state index contributed by atoms with van der Waals surface area (Å²) in [7, 11) is 0. The molecule has 6 nitrogen and oxygen atoms in total. The number of hydrogen-bond acceptors (Lipinski definition) is 6. The summed E-state index contributed by atoms with van der Waals surface area (Å²) in [5.41, 5.74) is 5.43. The fourth-order valence-corrected chi connectivity index (χ4v) is 4.54. The normalized spacial score (nSPS) is 16.2. The van der Waals surface area contributed by atoms with Crippen molar-refractivity contribution in [2.75, 3.05) is 13.2 Å². The molecule has 1 aliphatic heterocycles. The SMILES string of the molecule is Cc1nc(-c2ccc(Cc3cc(C(=O)N[C@@H]4CCOC4)nc4ccsc34)cc2)co1. The molecule has 0 aliphatic carbocycles. The number of aromatic nitrogens is 2. The second-order valence-electron chi connectivity index (χ2n) is 7.46. The molecule has 4 aromatic rings. The Kier molecular flexibility index (Phi) is 5.06. The van der Waals surface area contributed by atoms with Crippen LogP contribution in [0.15, 0.2) is 52.5 Å². The van der Waals surface area contributed by atoms with Gasteiger partial charge in [-0.3, -0.25) is 4.79 Å². The Balaban J connectivity index is 1.40. The van der Waals surface area contributed by atoms with E-state index in [0.717, 1.165) is 45.4 Å². The van der Waals surface area contributed by atoms with Gasteiger partial charge in [-0.1, -0.05) is 24.3 Å². The molecule has 1 N–H and O–H groups in total. The first-order valence-corrected chi connectivity index (χ1v) is 10.8. The van der Waals surface area contributed by atoms with Gasteiger partial charge >= 0.3 is 0 Å². The molecule has 1 aromatic carbocycles. The van der Waals surface area contributed by atoms with Crippen LogP contribution in [0, 0.1) is 6.92 Å². The maximum Gasteiger partial charge on any atom is 0.270 e. The van der Waals surface area contributed by atoms with Gasteiger partial charge in [-0.15, -0.1) is 11.3 Å². The predicted octanol–water partition coefficient (Wildman–Crippen LogP) is 4.37. The minimum atomic E-state index is -0.142. The van der Waals surface area contributed by atoms with E-state index in [-0.39, 0.29) is 11.9 Å². The van der Waals surface area contributed by atoms with Crippen molar-refractivity contribution in [3.8, 4) is 11.3 Å². The number of nitrogens with one attached hydrogen (secondary N) is 1. The highest BCUT2D eigenvalue weighted by molar-refractivity contribution is 7.17. The maximum absolute atomic E-state index is 12.7. The Morgan fingerprint density at radius 2 is 2.10 bits per heavy atom. The van der Waals surface area contributed by atoms with Gasteiger partial charge in [-0.2, -0.15) is 0 Å². The number of aryl methyl sites for hydroxylation is 1. The van der Waals surface area contributed by atoms with Gasteiger partial charge in [0.25, 0.3) is 5.91 Å². The van der Waals surface area contributed by atoms with Gasteiger partial charge in [0.15, 0.2) is 5.89 Å². The van der Waals surface area contributed by atoms with Crippen LogP contribution in [0.5, 0.6) is 0 Å². The molecule has 0 unspecified atom stereocenters. The van der Waals surface area contributed by atoms with Crippen LogP contribution in [0.2, 0.25) is 0 Å². The third-order valence-corrected chi connectivity index (χ3v) is 6.23. The smallest absolute Gasteiger partial charge is 0.270 e. The summed E-state index contributed by atoms with van der Waals surface area (Å²) < 4.78 is 11.8. The number of fused-ring (bicyclic) bond motifs is 1. The van der Waals surface area contributed by atoms with Crippen LogP contribution in [0.1, 0.15) is 33.9 Å². The van der Waals surface area contributed by atoms with Crippen molar-refractivity contribution < 1.29 is 13.9 Å². The number of rotatable bonds is 5. The van der Waals surface area contributed by atoms with E-state index in [1.807, 2.05) is 36.6 Å². The largest absolute Gasteiger partial charge is 0.449 e. The number of ether oxygens (including phenoxy) is 1. The molecule has 5 rings (SSSR count). The first-order chi connectivity index (χ1) is 14.7. The van der Waals surface area contributed by atoms with E-state index in [2.05, 4.69) is 27.4 Å². The van der Waals surface area contributed by atoms with Gasteiger partial charge in [0.1, 0.15) is 17.7 Å². The van der Waals surface area contributed by atoms with E-state index in [4.69, 9.17) is 9.15 Å². The van der Waals surface area contributed by atoms with Crippen LogP contribution < -0.4 is 5.32 Å². The average Bonchev–Trinajstić information content (AvgIpc) is 3.50. The van der Waals surface area contributed by atoms with E-state index in [0.29, 0.717) is 24.8 Å². The summed E-state index contributed by atoms with van der Waals surface area (Å²) in [6.45, 7) is 3.09. The van der Waals surface area contributed by atoms with Crippen LogP contribution in [-0.2, 0) is 11.2 Å². The Morgan fingerprint density at radius 1 is 1.23 bits per heavy atom. The van der Waals surface area contributed by atoms with Crippen molar-refractivity contribution in [2.24, 2.45) is 0 Å². The van der Waals surface area contributed by atoms with E-state index in [9.17, 15) is 4.79 Å². The summed E-state index contributed by atoms with van der Waals surface area (Å²) >= 11 is 1.65. The molecule has 1 fully saturated rings. The molecule has 4 heterocycles. The molecule has 1 atom stereocenters. The van der Waals surface area contributed by atoms with E-state index < -0.39 is 0 Å². The zero-order valence-electron chi connectivity index (χ0n) is 16.6. The van der Waals surface area contributed by atoms with E-state index in [1.54, 1.807) is 17.6 Å². The van der Waals surface area contributed by atoms with Gasteiger partial charge in [0.2, 0.25) is 0 Å². The van der Waals surface area contributed by atoms with Crippen LogP contribution in [0.4, 0.5) is 0 Å². The second-order valence-corrected chi connectivity index (χ2v) is 8.38. The highest BCUT2D eigenvalue weighted by Gasteiger charge is 2.20. The van der Waals surface area contributed by atoms with Crippen molar-refractivity contribution in [1.82, 2.24) is 15.3 Å². The lowest BCUT2D eigenvalue weighted by molar-refractivity contribution is 0.0925. The van der Waals surface area contributed by atoms with E-state index >= 15 is 0 Å². The number of carbonyl (C=O) groups is 1. The molecule has 0 spiro atoms. The lowest BCUT2D eigenvalue weighted by atomic mass is 10.0. The summed E-state index contributed by atoms with van der Waals surface area (Å²) in [6, 6.07) is 12.2. The van der Waals surface area contributed by atoms with Gasteiger partial charge in [0, 0.05) is 19.1 Å². The van der Waals surface area contributed by atoms with Crippen LogP contribution in [0.3, 0.4) is 0 Å². The highest BCUT2D eigenvalue weighted by Crippen LogP contribution is 2.27. The van der Waals surface area contributed by atoms with Crippen molar-refractivity contribution in [1.29, 1.82) is 0 Å². The Hall–Kier alpha value is -3.03. The highest BCUT2D eigenvalue weighted by atomic mass is 32.1. The summed E-state index contributed by atoms with van der Waals surface area (Å²) in [4.78, 5) is 21.7. The molecule has 0 radical (unpaired) electrons. The summed E-state index contributed by atoms with van der Waals surface area (Å²) in [5.74, 6) is 0.512. The molecule has 7 heteroatoms. The average molecular weight is 420 g/mol. The third-order valence-electron chi connectivity index (χ3n) is 5.25. The molecule has 1 amide bonds. The Labute approximate surface area is 177 Å². The minimum Gasteiger partial charge on any atom is -0.449 e. The van der Waals surface area contributed by atoms with Crippen LogP contribution in [-0.4, -0.2) is 35.1 Å². The topological polar surface area (TPSA) is 77.2 Å². The van der Waals surface area contributed by atoms with Crippen molar-refractivity contribution >= 4 is 27.5 Å². The second kappa shape index (κ2) is 8.01. The fraction of sp³-hybridized carbons (Fsp3) is 0.261. The van der Waals surface area contributed by atoms with Gasteiger partial charge in [0.05, 0.1) is 22.9 Å². The number of carbonyl (C=O) groups excluding carboxylic acids is 1. The number of oxazole rings is 1. The first-order valence-electron chi connectivity index (χ1n) is 9.93. The van der Waals surface area contributed by atoms with Gasteiger partial charge < -0.3 is 14.5 Å². The molecule has 0 saturated carbocycles. The van der Waals surface area contributed by atoms with Gasteiger partial charge in [-0.05, 0) is 41.5 Å². The zero-order valence-corrected chi connectivity index (χ0v) is 17.4. The maximum atomic E-state index is 12.7. The Morgan fingerprint density at radius 3 is 2.83 bits per heavy atom. The third kappa shape index (κ3) is 3.86. The fourth-order valence-electron chi connectivity index (χ4n) is 3.69. The monoisotopic (exact) mass is 419 g/mol. The molecule has 3 aromatic heterocycles. The molecule has 152 valence electrons. The van der Waals surface area contributed by atoms with Crippen molar-refractivity contribution in [3.63, 3.8) is 0 Å². The quantitative estimate of drug-likeness (QED) is 0.520. The number of thiophene rings is 1. The van der Waals surface area contributed by atoms with Crippen molar-refractivity contribution in [3.05, 3.63) is 70.8 Å². The van der Waals surface area contributed by atoms with Crippen molar-refractivity contribution in [2.45, 2.75) is 25.8 Å². The number of amides is 1. The number of pyridine rings is 1. The zero-order chi connectivity index (χ0) is 20.5. The number of hydrogen-bond donors (Lipinski definition) is 1. The molecule has 0 bridgehead atoms. The molecule has 30 heavy (non-hydrogen) atoms.